The summed E-state index contributed by atoms with van der Waals surface area (Å²) in [5, 5.41) is 3.22. The van der Waals surface area contributed by atoms with Gasteiger partial charge in [0.1, 0.15) is 17.1 Å². The van der Waals surface area contributed by atoms with Crippen LogP contribution < -0.4 is 21.5 Å². The van der Waals surface area contributed by atoms with Crippen LogP contribution in [-0.4, -0.2) is 41.6 Å². The number of hydrogen-bond acceptors (Lipinski definition) is 6. The molecule has 2 aliphatic heterocycles. The first kappa shape index (κ1) is 27.0. The highest BCUT2D eigenvalue weighted by Gasteiger charge is 2.30. The largest absolute Gasteiger partial charge is 0.453 e. The Morgan fingerprint density at radius 2 is 1.88 bits per heavy atom. The molecule has 2 fully saturated rings. The standard InChI is InChI=1S/C21H25FN4O.C4H9N.C2H2/c1-14-8-11-26(13-14)21(2,3)9-6-16-18(7-10-25-20(16)24)27-19-5-4-15(23)12-17(19)22;1-2-4-5-3-1;1-2/h4-5,7,10,12,14H,8,11,13,23H2,1-3H3,(H2,24,25);5H,1-4H2;1-2H/t14-;;/m0../s1. The van der Waals surface area contributed by atoms with Crippen molar-refractivity contribution >= 4 is 11.5 Å². The Kier molecular flexibility index (Phi) is 10.2. The second-order valence-corrected chi connectivity index (χ2v) is 8.97. The number of likely N-dealkylation sites (tertiary alicyclic amines) is 1. The second kappa shape index (κ2) is 12.8. The fourth-order valence-corrected chi connectivity index (χ4v) is 3.75. The quantitative estimate of drug-likeness (QED) is 0.463. The highest BCUT2D eigenvalue weighted by Crippen LogP contribution is 2.30. The van der Waals surface area contributed by atoms with Crippen LogP contribution in [-0.2, 0) is 0 Å². The third-order valence-corrected chi connectivity index (χ3v) is 5.78. The Hall–Kier alpha value is -3.26. The number of benzene rings is 1. The van der Waals surface area contributed by atoms with Crippen molar-refractivity contribution in [1.29, 1.82) is 0 Å². The first-order chi connectivity index (χ1) is 16.3. The number of nitrogens with zero attached hydrogens (tertiary/aromatic N) is 2. The Balaban J connectivity index is 0.000000507. The number of halogens is 1. The molecule has 2 aliphatic rings. The number of nitrogens with one attached hydrogen (secondary N) is 1. The Labute approximate surface area is 203 Å². The van der Waals surface area contributed by atoms with E-state index in [1.807, 2.05) is 0 Å². The number of anilines is 2. The molecular formula is C27H36FN5O. The molecule has 0 saturated carbocycles. The lowest BCUT2D eigenvalue weighted by Gasteiger charge is -2.30. The highest BCUT2D eigenvalue weighted by molar-refractivity contribution is 5.60. The van der Waals surface area contributed by atoms with Crippen LogP contribution in [0, 0.1) is 36.4 Å². The van der Waals surface area contributed by atoms with Crippen LogP contribution in [0.1, 0.15) is 45.6 Å². The lowest BCUT2D eigenvalue weighted by Crippen LogP contribution is -2.41. The summed E-state index contributed by atoms with van der Waals surface area (Å²) >= 11 is 0. The number of aromatic nitrogens is 1. The molecular weight excluding hydrogens is 429 g/mol. The molecule has 7 heteroatoms. The number of nitrogens with two attached hydrogens (primary N) is 2. The van der Waals surface area contributed by atoms with Crippen molar-refractivity contribution in [3.8, 4) is 36.2 Å². The summed E-state index contributed by atoms with van der Waals surface area (Å²) in [4.78, 5) is 6.45. The maximum atomic E-state index is 14.1. The topological polar surface area (TPSA) is 89.4 Å². The smallest absolute Gasteiger partial charge is 0.167 e. The van der Waals surface area contributed by atoms with Crippen molar-refractivity contribution in [3.63, 3.8) is 0 Å². The van der Waals surface area contributed by atoms with E-state index in [-0.39, 0.29) is 17.1 Å². The number of hydrogen-bond donors (Lipinski definition) is 3. The van der Waals surface area contributed by atoms with Gasteiger partial charge in [-0.2, -0.15) is 0 Å². The molecule has 4 rings (SSSR count). The van der Waals surface area contributed by atoms with Crippen LogP contribution in [0.5, 0.6) is 11.5 Å². The van der Waals surface area contributed by atoms with E-state index in [0.717, 1.165) is 13.1 Å². The second-order valence-electron chi connectivity index (χ2n) is 8.97. The maximum Gasteiger partial charge on any atom is 0.167 e. The molecule has 1 atom stereocenters. The third kappa shape index (κ3) is 7.66. The van der Waals surface area contributed by atoms with E-state index in [9.17, 15) is 4.39 Å². The highest BCUT2D eigenvalue weighted by atomic mass is 19.1. The van der Waals surface area contributed by atoms with Gasteiger partial charge in [0.15, 0.2) is 11.6 Å². The van der Waals surface area contributed by atoms with Gasteiger partial charge in [0, 0.05) is 30.6 Å². The summed E-state index contributed by atoms with van der Waals surface area (Å²) < 4.78 is 19.8. The molecule has 2 aromatic rings. The monoisotopic (exact) mass is 465 g/mol. The average molecular weight is 466 g/mol. The summed E-state index contributed by atoms with van der Waals surface area (Å²) in [6.07, 6.45) is 13.5. The van der Waals surface area contributed by atoms with Crippen LogP contribution in [0.2, 0.25) is 0 Å². The molecule has 6 nitrogen and oxygen atoms in total. The summed E-state index contributed by atoms with van der Waals surface area (Å²) in [7, 11) is 0. The fourth-order valence-electron chi connectivity index (χ4n) is 3.75. The molecule has 34 heavy (non-hydrogen) atoms. The molecule has 0 radical (unpaired) electrons. The molecule has 1 aromatic heterocycles. The summed E-state index contributed by atoms with van der Waals surface area (Å²) in [6.45, 7) is 11.0. The summed E-state index contributed by atoms with van der Waals surface area (Å²) in [5.74, 6) is 7.20. The molecule has 3 heterocycles. The van der Waals surface area contributed by atoms with Crippen molar-refractivity contribution < 1.29 is 9.13 Å². The molecule has 0 aliphatic carbocycles. The zero-order chi connectivity index (χ0) is 25.1. The van der Waals surface area contributed by atoms with Gasteiger partial charge < -0.3 is 21.5 Å². The van der Waals surface area contributed by atoms with E-state index in [1.165, 1.54) is 50.7 Å². The van der Waals surface area contributed by atoms with Crippen molar-refractivity contribution in [3.05, 3.63) is 41.8 Å². The minimum absolute atomic E-state index is 0.0606. The van der Waals surface area contributed by atoms with Crippen LogP contribution >= 0.6 is 0 Å². The zero-order valence-corrected chi connectivity index (χ0v) is 20.4. The summed E-state index contributed by atoms with van der Waals surface area (Å²) in [6, 6.07) is 5.89. The first-order valence-electron chi connectivity index (χ1n) is 11.6. The lowest BCUT2D eigenvalue weighted by atomic mass is 10.0. The normalized spacial score (nSPS) is 17.4. The van der Waals surface area contributed by atoms with Crippen LogP contribution in [0.15, 0.2) is 30.5 Å². The minimum Gasteiger partial charge on any atom is -0.453 e. The van der Waals surface area contributed by atoms with E-state index in [4.69, 9.17) is 16.2 Å². The van der Waals surface area contributed by atoms with Gasteiger partial charge in [-0.3, -0.25) is 4.90 Å². The van der Waals surface area contributed by atoms with Gasteiger partial charge in [0.2, 0.25) is 0 Å². The Morgan fingerprint density at radius 1 is 1.18 bits per heavy atom. The molecule has 1 aromatic carbocycles. The first-order valence-corrected chi connectivity index (χ1v) is 11.6. The molecule has 0 spiro atoms. The molecule has 0 unspecified atom stereocenters. The zero-order valence-electron chi connectivity index (χ0n) is 20.4. The van der Waals surface area contributed by atoms with Gasteiger partial charge in [0.25, 0.3) is 0 Å². The predicted molar refractivity (Wildman–Crippen MR) is 138 cm³/mol. The van der Waals surface area contributed by atoms with Crippen molar-refractivity contribution in [2.45, 2.75) is 45.6 Å². The Morgan fingerprint density at radius 3 is 2.44 bits per heavy atom. The number of terminal acetylenes is 1. The van der Waals surface area contributed by atoms with Crippen LogP contribution in [0.25, 0.3) is 0 Å². The minimum atomic E-state index is -0.546. The third-order valence-electron chi connectivity index (χ3n) is 5.78. The average Bonchev–Trinajstić information content (AvgIpc) is 3.52. The number of pyridine rings is 1. The van der Waals surface area contributed by atoms with Gasteiger partial charge in [-0.15, -0.1) is 12.8 Å². The molecule has 5 N–H and O–H groups in total. The fraction of sp³-hybridized carbons (Fsp3) is 0.444. The van der Waals surface area contributed by atoms with Crippen molar-refractivity contribution in [2.24, 2.45) is 5.92 Å². The molecule has 0 bridgehead atoms. The lowest BCUT2D eigenvalue weighted by molar-refractivity contribution is 0.207. The van der Waals surface area contributed by atoms with E-state index in [2.05, 4.69) is 60.7 Å². The van der Waals surface area contributed by atoms with Gasteiger partial charge in [-0.05, 0) is 70.8 Å². The predicted octanol–water partition coefficient (Wildman–Crippen LogP) is 4.27. The van der Waals surface area contributed by atoms with Gasteiger partial charge in [-0.1, -0.05) is 18.8 Å². The number of nitrogen functional groups attached to an aromatic ring is 2. The number of ether oxygens (including phenoxy) is 1. The van der Waals surface area contributed by atoms with Crippen LogP contribution in [0.3, 0.4) is 0 Å². The van der Waals surface area contributed by atoms with Crippen molar-refractivity contribution in [1.82, 2.24) is 15.2 Å². The maximum absolute atomic E-state index is 14.1. The van der Waals surface area contributed by atoms with Gasteiger partial charge in [0.05, 0.1) is 5.54 Å². The van der Waals surface area contributed by atoms with E-state index < -0.39 is 5.82 Å². The summed E-state index contributed by atoms with van der Waals surface area (Å²) in [5.41, 5.74) is 12.1. The molecule has 182 valence electrons. The SMILES string of the molecule is C#C.C1CCNC1.C[C@H]1CCN(C(C)(C)C#Cc2c(Oc3ccc(N)cc3F)ccnc2N)C1. The van der Waals surface area contributed by atoms with E-state index >= 15 is 0 Å². The van der Waals surface area contributed by atoms with E-state index in [1.54, 1.807) is 12.1 Å². The molecule has 0 amide bonds. The number of rotatable bonds is 3. The molecule has 2 saturated heterocycles. The van der Waals surface area contributed by atoms with Gasteiger partial charge in [-0.25, -0.2) is 9.37 Å². The van der Waals surface area contributed by atoms with Crippen molar-refractivity contribution in [2.75, 3.05) is 37.6 Å². The van der Waals surface area contributed by atoms with E-state index in [0.29, 0.717) is 22.9 Å². The Bertz CT molecular complexity index is 1010. The van der Waals surface area contributed by atoms with Gasteiger partial charge >= 0.3 is 0 Å². The van der Waals surface area contributed by atoms with Crippen LogP contribution in [0.4, 0.5) is 15.9 Å².